The van der Waals surface area contributed by atoms with E-state index in [-0.39, 0.29) is 20.6 Å². The van der Waals surface area contributed by atoms with E-state index >= 15 is 0 Å². The van der Waals surface area contributed by atoms with Crippen LogP contribution in [0.25, 0.3) is 0 Å². The molecule has 3 aromatic rings. The highest BCUT2D eigenvalue weighted by molar-refractivity contribution is 7.93. The summed E-state index contributed by atoms with van der Waals surface area (Å²) in [6.07, 6.45) is 1.50. The summed E-state index contributed by atoms with van der Waals surface area (Å²) in [5, 5.41) is 5.24. The highest BCUT2D eigenvalue weighted by Gasteiger charge is 2.16. The molecule has 0 bridgehead atoms. The summed E-state index contributed by atoms with van der Waals surface area (Å²) in [6.45, 7) is 0. The molecule has 0 aliphatic carbocycles. The Morgan fingerprint density at radius 3 is 2.42 bits per heavy atom. The highest BCUT2D eigenvalue weighted by Crippen LogP contribution is 2.23. The van der Waals surface area contributed by atoms with Crippen molar-refractivity contribution >= 4 is 61.3 Å². The zero-order valence-corrected chi connectivity index (χ0v) is 16.1. The normalized spacial score (nSPS) is 11.2. The van der Waals surface area contributed by atoms with Gasteiger partial charge in [-0.25, -0.2) is 13.4 Å². The average Bonchev–Trinajstić information content (AvgIpc) is 3.07. The van der Waals surface area contributed by atoms with Crippen LogP contribution in [0.2, 0.25) is 10.0 Å². The van der Waals surface area contributed by atoms with Gasteiger partial charge in [0.15, 0.2) is 5.13 Å². The molecule has 2 aromatic carbocycles. The van der Waals surface area contributed by atoms with Crippen LogP contribution in [0.3, 0.4) is 0 Å². The minimum atomic E-state index is -3.74. The summed E-state index contributed by atoms with van der Waals surface area (Å²) in [6, 6.07) is 10.3. The molecule has 0 spiro atoms. The molecule has 0 aliphatic heterocycles. The molecule has 0 saturated carbocycles. The number of sulfonamides is 1. The van der Waals surface area contributed by atoms with Crippen LogP contribution in [0.15, 0.2) is 58.9 Å². The molecule has 0 atom stereocenters. The van der Waals surface area contributed by atoms with Crippen molar-refractivity contribution in [2.24, 2.45) is 0 Å². The molecule has 6 nitrogen and oxygen atoms in total. The van der Waals surface area contributed by atoms with Crippen molar-refractivity contribution in [3.8, 4) is 0 Å². The molecule has 10 heteroatoms. The van der Waals surface area contributed by atoms with Gasteiger partial charge in [-0.15, -0.1) is 11.3 Å². The summed E-state index contributed by atoms with van der Waals surface area (Å²) in [5.74, 6) is -0.428. The molecule has 1 aromatic heterocycles. The quantitative estimate of drug-likeness (QED) is 0.626. The Balaban J connectivity index is 1.74. The fraction of sp³-hybridized carbons (Fsp3) is 0. The maximum absolute atomic E-state index is 12.3. The lowest BCUT2D eigenvalue weighted by Crippen LogP contribution is -2.14. The highest BCUT2D eigenvalue weighted by atomic mass is 35.5. The minimum absolute atomic E-state index is 0.0511. The number of carbonyl (C=O) groups excluding carboxylic acids is 1. The maximum Gasteiger partial charge on any atom is 0.263 e. The number of nitrogens with one attached hydrogen (secondary N) is 2. The number of halogens is 2. The summed E-state index contributed by atoms with van der Waals surface area (Å²) in [7, 11) is -3.74. The minimum Gasteiger partial charge on any atom is -0.322 e. The Hall–Kier alpha value is -2.13. The Bertz CT molecular complexity index is 1040. The third-order valence-corrected chi connectivity index (χ3v) is 5.97. The van der Waals surface area contributed by atoms with Crippen LogP contribution in [0.5, 0.6) is 0 Å². The average molecular weight is 428 g/mol. The van der Waals surface area contributed by atoms with Crippen molar-refractivity contribution in [1.82, 2.24) is 4.98 Å². The Kier molecular flexibility index (Phi) is 5.47. The van der Waals surface area contributed by atoms with Gasteiger partial charge in [0.25, 0.3) is 15.9 Å². The van der Waals surface area contributed by atoms with Gasteiger partial charge in [-0.3, -0.25) is 9.52 Å². The molecule has 134 valence electrons. The molecule has 0 fully saturated rings. The predicted octanol–water partition coefficient (Wildman–Crippen LogP) is 4.50. The van der Waals surface area contributed by atoms with Crippen molar-refractivity contribution < 1.29 is 13.2 Å². The standard InChI is InChI=1S/C16H11Cl2N3O3S2/c17-10-1-6-13(14(18)9-10)15(22)20-11-2-4-12(5-3-11)26(23,24)21-16-19-7-8-25-16/h1-9H,(H,19,21)(H,20,22). The van der Waals surface area contributed by atoms with E-state index < -0.39 is 15.9 Å². The second-order valence-electron chi connectivity index (χ2n) is 5.05. The second-order valence-corrected chi connectivity index (χ2v) is 8.47. The van der Waals surface area contributed by atoms with Crippen LogP contribution in [-0.2, 0) is 10.0 Å². The third kappa shape index (κ3) is 4.34. The van der Waals surface area contributed by atoms with E-state index in [0.29, 0.717) is 10.7 Å². The zero-order valence-electron chi connectivity index (χ0n) is 12.9. The summed E-state index contributed by atoms with van der Waals surface area (Å²) in [4.78, 5) is 16.2. The smallest absolute Gasteiger partial charge is 0.263 e. The van der Waals surface area contributed by atoms with Crippen molar-refractivity contribution in [2.45, 2.75) is 4.90 Å². The van der Waals surface area contributed by atoms with Crippen LogP contribution >= 0.6 is 34.5 Å². The molecule has 2 N–H and O–H groups in total. The Morgan fingerprint density at radius 1 is 1.08 bits per heavy atom. The van der Waals surface area contributed by atoms with E-state index in [4.69, 9.17) is 23.2 Å². The lowest BCUT2D eigenvalue weighted by molar-refractivity contribution is 0.102. The van der Waals surface area contributed by atoms with Crippen molar-refractivity contribution in [1.29, 1.82) is 0 Å². The van der Waals surface area contributed by atoms with Gasteiger partial charge in [-0.1, -0.05) is 23.2 Å². The first kappa shape index (κ1) is 18.7. The van der Waals surface area contributed by atoms with Crippen molar-refractivity contribution in [3.05, 3.63) is 69.7 Å². The van der Waals surface area contributed by atoms with Gasteiger partial charge in [0.2, 0.25) is 0 Å². The number of thiazole rings is 1. The number of hydrogen-bond acceptors (Lipinski definition) is 5. The van der Waals surface area contributed by atoms with Crippen molar-refractivity contribution in [2.75, 3.05) is 10.0 Å². The van der Waals surface area contributed by atoms with Gasteiger partial charge in [0.05, 0.1) is 15.5 Å². The molecule has 0 saturated heterocycles. The molecule has 0 aliphatic rings. The Morgan fingerprint density at radius 2 is 1.81 bits per heavy atom. The molecule has 26 heavy (non-hydrogen) atoms. The molecule has 1 amide bonds. The SMILES string of the molecule is O=C(Nc1ccc(S(=O)(=O)Nc2nccs2)cc1)c1ccc(Cl)cc1Cl. The van der Waals surface area contributed by atoms with Crippen LogP contribution in [0.4, 0.5) is 10.8 Å². The number of rotatable bonds is 5. The van der Waals surface area contributed by atoms with E-state index in [0.717, 1.165) is 0 Å². The van der Waals surface area contributed by atoms with Crippen LogP contribution in [-0.4, -0.2) is 19.3 Å². The molecule has 0 unspecified atom stereocenters. The number of anilines is 2. The number of nitrogens with zero attached hydrogens (tertiary/aromatic N) is 1. The van der Waals surface area contributed by atoms with E-state index in [9.17, 15) is 13.2 Å². The summed E-state index contributed by atoms with van der Waals surface area (Å²) >= 11 is 13.0. The van der Waals surface area contributed by atoms with E-state index in [2.05, 4.69) is 15.0 Å². The number of hydrogen-bond donors (Lipinski definition) is 2. The van der Waals surface area contributed by atoms with Gasteiger partial charge in [0, 0.05) is 22.3 Å². The van der Waals surface area contributed by atoms with Gasteiger partial charge in [-0.05, 0) is 42.5 Å². The molecular weight excluding hydrogens is 417 g/mol. The van der Waals surface area contributed by atoms with E-state index in [1.54, 1.807) is 11.4 Å². The van der Waals surface area contributed by atoms with E-state index in [1.165, 1.54) is 53.9 Å². The van der Waals surface area contributed by atoms with Crippen LogP contribution in [0, 0.1) is 0 Å². The first-order valence-corrected chi connectivity index (χ1v) is 10.3. The fourth-order valence-corrected chi connectivity index (χ4v) is 4.32. The van der Waals surface area contributed by atoms with Crippen molar-refractivity contribution in [3.63, 3.8) is 0 Å². The fourth-order valence-electron chi connectivity index (χ4n) is 2.04. The van der Waals surface area contributed by atoms with Gasteiger partial charge in [0.1, 0.15) is 0 Å². The Labute approximate surface area is 163 Å². The largest absolute Gasteiger partial charge is 0.322 e. The topological polar surface area (TPSA) is 88.2 Å². The molecule has 0 radical (unpaired) electrons. The number of aromatic nitrogens is 1. The first-order chi connectivity index (χ1) is 12.3. The van der Waals surface area contributed by atoms with Crippen LogP contribution < -0.4 is 10.0 Å². The first-order valence-electron chi connectivity index (χ1n) is 7.14. The number of benzene rings is 2. The lowest BCUT2D eigenvalue weighted by Gasteiger charge is -2.09. The van der Waals surface area contributed by atoms with Gasteiger partial charge in [-0.2, -0.15) is 0 Å². The van der Waals surface area contributed by atoms with Crippen LogP contribution in [0.1, 0.15) is 10.4 Å². The number of carbonyl (C=O) groups is 1. The third-order valence-electron chi connectivity index (χ3n) is 3.25. The summed E-state index contributed by atoms with van der Waals surface area (Å²) in [5.41, 5.74) is 0.687. The molecule has 1 heterocycles. The number of amides is 1. The van der Waals surface area contributed by atoms with Gasteiger partial charge < -0.3 is 5.32 Å². The maximum atomic E-state index is 12.3. The second kappa shape index (κ2) is 7.63. The van der Waals surface area contributed by atoms with E-state index in [1.807, 2.05) is 0 Å². The summed E-state index contributed by atoms with van der Waals surface area (Å²) < 4.78 is 26.9. The lowest BCUT2D eigenvalue weighted by atomic mass is 10.2. The zero-order chi connectivity index (χ0) is 18.7. The van der Waals surface area contributed by atoms with Gasteiger partial charge >= 0.3 is 0 Å². The molecule has 3 rings (SSSR count). The monoisotopic (exact) mass is 427 g/mol. The molecular formula is C16H11Cl2N3O3S2. The predicted molar refractivity (Wildman–Crippen MR) is 104 cm³/mol.